The zero-order valence-electron chi connectivity index (χ0n) is 4.32. The zero-order chi connectivity index (χ0) is 8.41. The number of hydrogen-bond donors (Lipinski definition) is 4. The maximum Gasteiger partial charge on any atom is 0.114 e. The normalized spacial score (nSPS) is 13.6. The first kappa shape index (κ1) is 13.4. The molecule has 0 aromatic carbocycles. The van der Waals surface area contributed by atoms with E-state index >= 15 is 0 Å². The predicted molar refractivity (Wildman–Crippen MR) is 79.7 cm³/mol. The van der Waals surface area contributed by atoms with Crippen LogP contribution in [0.15, 0.2) is 0 Å². The molecule has 62 valence electrons. The fraction of sp³-hybridized carbons (Fsp3) is 0. The van der Waals surface area contributed by atoms with Gasteiger partial charge in [-0.25, -0.2) is 0 Å². The molecule has 0 amide bonds. The fourth-order valence-corrected chi connectivity index (χ4v) is 21.1. The van der Waals surface area contributed by atoms with Crippen LogP contribution >= 0.6 is 77.1 Å². The number of thiol groups is 4. The van der Waals surface area contributed by atoms with Gasteiger partial charge < -0.3 is 0 Å². The molecule has 0 atom stereocenters. The molecule has 0 aliphatic heterocycles. The zero-order valence-corrected chi connectivity index (χ0v) is 12.9. The molecular weight excluding hydrogens is 318 g/mol. The Morgan fingerprint density at radius 1 is 0.800 bits per heavy atom. The van der Waals surface area contributed by atoms with Crippen molar-refractivity contribution in [2.75, 3.05) is 0 Å². The van der Waals surface area contributed by atoms with Crippen LogP contribution in [0.3, 0.4) is 0 Å². The summed E-state index contributed by atoms with van der Waals surface area (Å²) >= 11 is 26.3. The Hall–Kier alpha value is 3.40. The third kappa shape index (κ3) is 11.4. The smallest absolute Gasteiger partial charge is 0.114 e. The number of rotatable bonds is 3. The molecule has 0 bridgehead atoms. The van der Waals surface area contributed by atoms with E-state index in [1.54, 1.807) is 0 Å². The minimum Gasteiger partial charge on any atom is -0.121 e. The van der Waals surface area contributed by atoms with Gasteiger partial charge in [-0.1, -0.05) is 23.6 Å². The summed E-state index contributed by atoms with van der Waals surface area (Å²) in [6, 6.07) is 0. The second-order valence-electron chi connectivity index (χ2n) is 1.13. The molecule has 0 rings (SSSR count). The molecule has 0 saturated heterocycles. The molecule has 0 unspecified atom stereocenters. The minimum absolute atomic E-state index is 1.40. The molecule has 0 nitrogen and oxygen atoms in total. The average Bonchev–Trinajstić information content (AvgIpc) is 1.57. The molecule has 0 aliphatic carbocycles. The first-order valence-electron chi connectivity index (χ1n) is 1.70. The molecule has 0 aromatic heterocycles. The van der Waals surface area contributed by atoms with Crippen LogP contribution in [0.2, 0.25) is 0 Å². The Morgan fingerprint density at radius 3 is 1.10 bits per heavy atom. The largest absolute Gasteiger partial charge is 0.121 e. The second kappa shape index (κ2) is 5.32. The third-order valence-electron chi connectivity index (χ3n) is 0.228. The lowest BCUT2D eigenvalue weighted by molar-refractivity contribution is 5.17. The van der Waals surface area contributed by atoms with Gasteiger partial charge in [0.05, 0.1) is 0 Å². The highest BCUT2D eigenvalue weighted by molar-refractivity contribution is 9.44. The van der Waals surface area contributed by atoms with Crippen LogP contribution in [0.5, 0.6) is 0 Å². The molecular formula is H4P2S8. The fourth-order valence-electron chi connectivity index (χ4n) is 0.0868. The van der Waals surface area contributed by atoms with Crippen LogP contribution in [0.1, 0.15) is 0 Å². The van der Waals surface area contributed by atoms with Crippen molar-refractivity contribution < 1.29 is 0 Å². The van der Waals surface area contributed by atoms with Gasteiger partial charge in [0.1, 0.15) is 7.29 Å². The summed E-state index contributed by atoms with van der Waals surface area (Å²) in [6.45, 7) is 0. The second-order valence-corrected chi connectivity index (χ2v) is 30.5. The quantitative estimate of drug-likeness (QED) is 0.342. The highest BCUT2D eigenvalue weighted by atomic mass is 33.8. The van der Waals surface area contributed by atoms with Crippen molar-refractivity contribution in [3.05, 3.63) is 0 Å². The molecule has 0 heterocycles. The van der Waals surface area contributed by atoms with Crippen molar-refractivity contribution in [1.29, 1.82) is 0 Å². The third-order valence-corrected chi connectivity index (χ3v) is 18.4. The molecule has 0 spiro atoms. The SMILES string of the molecule is S=P(S)(S)SSP(=S)(S)S. The molecule has 10 heavy (non-hydrogen) atoms. The van der Waals surface area contributed by atoms with Crippen LogP contribution in [-0.2, 0) is 23.6 Å². The van der Waals surface area contributed by atoms with E-state index in [4.69, 9.17) is 23.6 Å². The van der Waals surface area contributed by atoms with E-state index in [-0.39, 0.29) is 0 Å². The Balaban J connectivity index is 3.79. The average molecular weight is 323 g/mol. The van der Waals surface area contributed by atoms with Crippen LogP contribution < -0.4 is 0 Å². The predicted octanol–water partition coefficient (Wildman–Crippen LogP) is 4.54. The van der Waals surface area contributed by atoms with Crippen LogP contribution in [0.25, 0.3) is 0 Å². The standard InChI is InChI=1S/H4P2S8/c3-1(4,5)9-10-2(6,7)8/h(H2,3,4,5)(H2,6,7,8). The first-order chi connectivity index (χ1) is 4.21. The van der Waals surface area contributed by atoms with E-state index in [9.17, 15) is 0 Å². The summed E-state index contributed by atoms with van der Waals surface area (Å²) in [7, 11) is 2.81. The molecule has 0 fully saturated rings. The molecule has 0 radical (unpaired) electrons. The van der Waals surface area contributed by atoms with Gasteiger partial charge in [-0.2, -0.15) is 0 Å². The summed E-state index contributed by atoms with van der Waals surface area (Å²) in [5.41, 5.74) is 0. The lowest BCUT2D eigenvalue weighted by Crippen LogP contribution is -1.41. The van der Waals surface area contributed by atoms with Gasteiger partial charge in [0, 0.05) is 0 Å². The van der Waals surface area contributed by atoms with E-state index < -0.39 is 7.29 Å². The highest BCUT2D eigenvalue weighted by Crippen LogP contribution is 2.82. The van der Waals surface area contributed by atoms with Crippen molar-refractivity contribution >= 4 is 101 Å². The lowest BCUT2D eigenvalue weighted by atomic mass is 29.4. The molecule has 0 aromatic rings. The van der Waals surface area contributed by atoms with Gasteiger partial charge in [-0.3, -0.25) is 0 Å². The number of hydrogen-bond acceptors (Lipinski definition) is 4. The summed E-state index contributed by atoms with van der Waals surface area (Å²) in [5, 5.41) is 0. The maximum absolute atomic E-state index is 4.94. The van der Waals surface area contributed by atoms with E-state index in [0.717, 1.165) is 0 Å². The van der Waals surface area contributed by atoms with Crippen molar-refractivity contribution in [2.45, 2.75) is 0 Å². The first-order valence-corrected chi connectivity index (χ1v) is 15.3. The Bertz CT molecular complexity index is 157. The van der Waals surface area contributed by atoms with E-state index in [1.165, 1.54) is 20.8 Å². The van der Waals surface area contributed by atoms with Crippen molar-refractivity contribution in [2.24, 2.45) is 0 Å². The topological polar surface area (TPSA) is 0 Å². The van der Waals surface area contributed by atoms with Gasteiger partial charge in [-0.05, 0) is 20.8 Å². The Labute approximate surface area is 99.4 Å². The summed E-state index contributed by atoms with van der Waals surface area (Å²) in [6.07, 6.45) is 0. The summed E-state index contributed by atoms with van der Waals surface area (Å²) in [5.74, 6) is 0. The van der Waals surface area contributed by atoms with Crippen LogP contribution in [0.4, 0.5) is 0 Å². The van der Waals surface area contributed by atoms with Gasteiger partial charge in [0.2, 0.25) is 0 Å². The van der Waals surface area contributed by atoms with Crippen molar-refractivity contribution in [3.8, 4) is 0 Å². The lowest BCUT2D eigenvalue weighted by Gasteiger charge is -2.09. The maximum atomic E-state index is 4.94. The van der Waals surface area contributed by atoms with E-state index in [2.05, 4.69) is 49.0 Å². The van der Waals surface area contributed by atoms with Crippen LogP contribution in [-0.4, -0.2) is 0 Å². The van der Waals surface area contributed by atoms with Crippen molar-refractivity contribution in [3.63, 3.8) is 0 Å². The molecule has 0 saturated carbocycles. The van der Waals surface area contributed by atoms with Crippen molar-refractivity contribution in [1.82, 2.24) is 0 Å². The van der Waals surface area contributed by atoms with Gasteiger partial charge in [0.25, 0.3) is 0 Å². The summed E-state index contributed by atoms with van der Waals surface area (Å²) < 4.78 is -3.59. The Kier molecular flexibility index (Phi) is 7.13. The van der Waals surface area contributed by atoms with Crippen LogP contribution in [0, 0.1) is 0 Å². The van der Waals surface area contributed by atoms with Gasteiger partial charge in [0.15, 0.2) is 0 Å². The monoisotopic (exact) mass is 322 g/mol. The van der Waals surface area contributed by atoms with Gasteiger partial charge in [-0.15, -0.1) is 49.0 Å². The highest BCUT2D eigenvalue weighted by Gasteiger charge is 2.12. The molecule has 10 heteroatoms. The minimum atomic E-state index is -1.80. The van der Waals surface area contributed by atoms with Gasteiger partial charge >= 0.3 is 0 Å². The van der Waals surface area contributed by atoms with E-state index in [0.29, 0.717) is 0 Å². The summed E-state index contributed by atoms with van der Waals surface area (Å²) in [4.78, 5) is 0. The molecule has 0 N–H and O–H groups in total. The Morgan fingerprint density at radius 2 is 1.00 bits per heavy atom. The van der Waals surface area contributed by atoms with E-state index in [1.807, 2.05) is 0 Å². The molecule has 0 aliphatic rings.